The smallest absolute Gasteiger partial charge is 0.355 e. The van der Waals surface area contributed by atoms with Gasteiger partial charge >= 0.3 is 11.9 Å². The molecule has 1 fully saturated rings. The van der Waals surface area contributed by atoms with Crippen molar-refractivity contribution in [3.8, 4) is 11.1 Å². The number of sulfonamides is 1. The first-order valence-corrected chi connectivity index (χ1v) is 15.8. The van der Waals surface area contributed by atoms with Crippen LogP contribution in [0.4, 0.5) is 0 Å². The number of carbonyl (C=O) groups excluding carboxylic acids is 2. The minimum Gasteiger partial charge on any atom is -0.614 e. The number of nitrogens with zero attached hydrogens (tertiary/aromatic N) is 2. The van der Waals surface area contributed by atoms with Crippen LogP contribution >= 0.6 is 0 Å². The first-order chi connectivity index (χ1) is 19.7. The normalized spacial score (nSPS) is 20.7. The maximum Gasteiger partial charge on any atom is 0.355 e. The van der Waals surface area contributed by atoms with E-state index in [2.05, 4.69) is 4.98 Å². The van der Waals surface area contributed by atoms with E-state index in [1.165, 1.54) is 26.2 Å². The lowest BCUT2D eigenvalue weighted by Crippen LogP contribution is -2.73. The monoisotopic (exact) mass is 614 g/mol. The second kappa shape index (κ2) is 10.9. The highest BCUT2D eigenvalue weighted by atomic mass is 32.2. The third-order valence-electron chi connectivity index (χ3n) is 7.44. The summed E-state index contributed by atoms with van der Waals surface area (Å²) in [6, 6.07) is 10.7. The molecule has 42 heavy (non-hydrogen) atoms. The highest BCUT2D eigenvalue weighted by Crippen LogP contribution is 2.38. The number of carboxylic acids is 1. The number of nitrogens with one attached hydrogen (secondary N) is 1. The molecule has 14 heteroatoms. The van der Waals surface area contributed by atoms with Crippen molar-refractivity contribution < 1.29 is 37.2 Å². The second-order valence-corrected chi connectivity index (χ2v) is 14.3. The van der Waals surface area contributed by atoms with Crippen LogP contribution in [0.25, 0.3) is 22.0 Å². The molecule has 0 spiro atoms. The SMILES string of the molecule is CC(C)c1cccc2c(-c3ccc(S(=O)(=O)N(C)C)cc3)c(C(=O)OCC3=C(C(=O)O)N4C(=O)[C@@H](N)[C@H]4[S+]([O-])C3)[nH]c12. The molecule has 3 heterocycles. The minimum absolute atomic E-state index is 0.0319. The highest BCUT2D eigenvalue weighted by molar-refractivity contribution is 7.92. The number of carboxylic acid groups (broad SMARTS) is 1. The van der Waals surface area contributed by atoms with Gasteiger partial charge in [0.15, 0.2) is 6.04 Å². The minimum atomic E-state index is -3.68. The average Bonchev–Trinajstić information content (AvgIpc) is 3.34. The Hall–Kier alpha value is -3.69. The lowest BCUT2D eigenvalue weighted by Gasteiger charge is -2.47. The van der Waals surface area contributed by atoms with Crippen molar-refractivity contribution in [3.63, 3.8) is 0 Å². The summed E-state index contributed by atoms with van der Waals surface area (Å²) in [6.45, 7) is 3.50. The molecule has 5 rings (SSSR count). The van der Waals surface area contributed by atoms with Crippen molar-refractivity contribution in [1.29, 1.82) is 0 Å². The van der Waals surface area contributed by atoms with Crippen molar-refractivity contribution in [3.05, 3.63) is 65.0 Å². The Morgan fingerprint density at radius 1 is 1.21 bits per heavy atom. The molecule has 12 nitrogen and oxygen atoms in total. The molecule has 2 aromatic carbocycles. The standard InChI is InChI=1S/C28H30N4O8S2/c1-14(2)18-6-5-7-19-20(15-8-10-17(11-9-15)42(38,39)31(3)4)23(30-22(18)19)28(36)40-12-16-13-41(37)26-21(29)25(33)32(26)24(16)27(34)35/h5-11,14,21,26,30H,12-13,29H2,1-4H3,(H,34,35)/t21-,26-,41?/m1/s1. The van der Waals surface area contributed by atoms with Gasteiger partial charge in [0.25, 0.3) is 5.91 Å². The van der Waals surface area contributed by atoms with Gasteiger partial charge in [0, 0.05) is 30.6 Å². The number of hydrogen-bond donors (Lipinski definition) is 3. The van der Waals surface area contributed by atoms with E-state index in [0.717, 1.165) is 14.8 Å². The van der Waals surface area contributed by atoms with Crippen LogP contribution in [-0.4, -0.2) is 88.0 Å². The molecule has 0 bridgehead atoms. The van der Waals surface area contributed by atoms with Gasteiger partial charge in [-0.2, -0.15) is 0 Å². The zero-order valence-corrected chi connectivity index (χ0v) is 24.9. The Labute approximate surface area is 245 Å². The number of carbonyl (C=O) groups is 3. The molecule has 1 saturated heterocycles. The lowest BCUT2D eigenvalue weighted by atomic mass is 9.97. The lowest BCUT2D eigenvalue weighted by molar-refractivity contribution is -0.148. The summed E-state index contributed by atoms with van der Waals surface area (Å²) in [5.41, 5.74) is 8.15. The highest BCUT2D eigenvalue weighted by Gasteiger charge is 2.59. The first-order valence-electron chi connectivity index (χ1n) is 13.0. The van der Waals surface area contributed by atoms with Crippen molar-refractivity contribution >= 4 is 49.9 Å². The van der Waals surface area contributed by atoms with Crippen LogP contribution in [0.1, 0.15) is 35.8 Å². The first kappa shape index (κ1) is 29.8. The third kappa shape index (κ3) is 4.78. The fourth-order valence-electron chi connectivity index (χ4n) is 5.27. The Morgan fingerprint density at radius 2 is 1.88 bits per heavy atom. The number of hydrogen-bond acceptors (Lipinski definition) is 8. The predicted octanol–water partition coefficient (Wildman–Crippen LogP) is 1.96. The van der Waals surface area contributed by atoms with E-state index in [9.17, 15) is 32.5 Å². The summed E-state index contributed by atoms with van der Waals surface area (Å²) in [6.07, 6.45) is 0. The molecule has 2 aliphatic rings. The van der Waals surface area contributed by atoms with Crippen molar-refractivity contribution in [1.82, 2.24) is 14.2 Å². The van der Waals surface area contributed by atoms with Crippen molar-refractivity contribution in [2.75, 3.05) is 26.5 Å². The number of aliphatic carboxylic acids is 1. The Morgan fingerprint density at radius 3 is 2.48 bits per heavy atom. The summed E-state index contributed by atoms with van der Waals surface area (Å²) >= 11 is -1.67. The Balaban J connectivity index is 1.55. The zero-order chi connectivity index (χ0) is 30.7. The van der Waals surface area contributed by atoms with Crippen LogP contribution in [-0.2, 0) is 35.5 Å². The number of esters is 1. The number of amides is 1. The van der Waals surface area contributed by atoms with Gasteiger partial charge in [-0.25, -0.2) is 22.3 Å². The molecule has 4 N–H and O–H groups in total. The summed E-state index contributed by atoms with van der Waals surface area (Å²) < 4.78 is 44.6. The largest absolute Gasteiger partial charge is 0.614 e. The van der Waals surface area contributed by atoms with Gasteiger partial charge < -0.3 is 25.1 Å². The molecule has 1 unspecified atom stereocenters. The van der Waals surface area contributed by atoms with E-state index in [1.54, 1.807) is 12.1 Å². The van der Waals surface area contributed by atoms with Gasteiger partial charge in [-0.3, -0.25) is 9.69 Å². The number of H-pyrrole nitrogens is 1. The van der Waals surface area contributed by atoms with E-state index in [4.69, 9.17) is 10.5 Å². The predicted molar refractivity (Wildman–Crippen MR) is 155 cm³/mol. The third-order valence-corrected chi connectivity index (χ3v) is 10.9. The quantitative estimate of drug-likeness (QED) is 0.194. The maximum absolute atomic E-state index is 13.6. The number of β-lactam (4-membered cyclic amide) rings is 1. The maximum atomic E-state index is 13.6. The van der Waals surface area contributed by atoms with Crippen LogP contribution in [0.2, 0.25) is 0 Å². The van der Waals surface area contributed by atoms with Crippen LogP contribution in [0.5, 0.6) is 0 Å². The van der Waals surface area contributed by atoms with E-state index in [1.807, 2.05) is 32.0 Å². The van der Waals surface area contributed by atoms with Gasteiger partial charge in [-0.1, -0.05) is 44.2 Å². The van der Waals surface area contributed by atoms with Gasteiger partial charge in [-0.15, -0.1) is 0 Å². The molecule has 2 aliphatic heterocycles. The number of fused-ring (bicyclic) bond motifs is 2. The van der Waals surface area contributed by atoms with Gasteiger partial charge in [0.05, 0.1) is 10.4 Å². The number of aromatic amines is 1. The van der Waals surface area contributed by atoms with Gasteiger partial charge in [0.1, 0.15) is 23.8 Å². The van der Waals surface area contributed by atoms with E-state index < -0.39 is 57.1 Å². The molecule has 1 aromatic heterocycles. The number of rotatable bonds is 8. The van der Waals surface area contributed by atoms with Crippen LogP contribution in [0, 0.1) is 0 Å². The molecule has 0 saturated carbocycles. The molecular formula is C28H30N4O8S2. The molecule has 3 atom stereocenters. The van der Waals surface area contributed by atoms with Crippen LogP contribution < -0.4 is 5.73 Å². The van der Waals surface area contributed by atoms with E-state index >= 15 is 0 Å². The average molecular weight is 615 g/mol. The molecule has 3 aromatic rings. The summed E-state index contributed by atoms with van der Waals surface area (Å²) in [4.78, 5) is 42.1. The second-order valence-electron chi connectivity index (χ2n) is 10.6. The molecule has 0 radical (unpaired) electrons. The molecule has 0 aliphatic carbocycles. The number of ether oxygens (including phenoxy) is 1. The summed E-state index contributed by atoms with van der Waals surface area (Å²) in [5, 5.41) is 9.58. The summed E-state index contributed by atoms with van der Waals surface area (Å²) in [5.74, 6) is -2.99. The number of nitrogens with two attached hydrogens (primary N) is 1. The molecule has 1 amide bonds. The molecular weight excluding hydrogens is 584 g/mol. The Kier molecular flexibility index (Phi) is 7.70. The zero-order valence-electron chi connectivity index (χ0n) is 23.3. The molecule has 222 valence electrons. The fourth-order valence-corrected chi connectivity index (χ4v) is 7.79. The van der Waals surface area contributed by atoms with Crippen LogP contribution in [0.3, 0.4) is 0 Å². The number of benzene rings is 2. The van der Waals surface area contributed by atoms with E-state index in [0.29, 0.717) is 22.0 Å². The fraction of sp³-hybridized carbons (Fsp3) is 0.321. The van der Waals surface area contributed by atoms with E-state index in [-0.39, 0.29) is 33.5 Å². The summed E-state index contributed by atoms with van der Waals surface area (Å²) in [7, 11) is -0.809. The van der Waals surface area contributed by atoms with Crippen molar-refractivity contribution in [2.45, 2.75) is 36.1 Å². The van der Waals surface area contributed by atoms with Gasteiger partial charge in [0.2, 0.25) is 15.4 Å². The van der Waals surface area contributed by atoms with Crippen LogP contribution in [0.15, 0.2) is 58.6 Å². The Bertz CT molecular complexity index is 1740. The number of para-hydroxylation sites is 1. The number of aromatic nitrogens is 1. The van der Waals surface area contributed by atoms with Gasteiger partial charge in [-0.05, 0) is 40.4 Å². The topological polar surface area (TPSA) is 186 Å². The van der Waals surface area contributed by atoms with Crippen molar-refractivity contribution in [2.24, 2.45) is 5.73 Å².